The van der Waals surface area contributed by atoms with E-state index in [4.69, 9.17) is 0 Å². The molecule has 1 unspecified atom stereocenters. The Bertz CT molecular complexity index is 442. The van der Waals surface area contributed by atoms with Gasteiger partial charge in [-0.15, -0.1) is 11.8 Å². The highest BCUT2D eigenvalue weighted by Gasteiger charge is 2.30. The number of benzene rings is 1. The van der Waals surface area contributed by atoms with E-state index >= 15 is 0 Å². The van der Waals surface area contributed by atoms with Crippen molar-refractivity contribution < 1.29 is 13.2 Å². The van der Waals surface area contributed by atoms with Gasteiger partial charge in [-0.2, -0.15) is 13.2 Å². The van der Waals surface area contributed by atoms with Gasteiger partial charge in [0.05, 0.1) is 5.56 Å². The summed E-state index contributed by atoms with van der Waals surface area (Å²) in [6.45, 7) is 4.92. The van der Waals surface area contributed by atoms with Crippen LogP contribution in [0.3, 0.4) is 0 Å². The zero-order valence-electron chi connectivity index (χ0n) is 11.4. The summed E-state index contributed by atoms with van der Waals surface area (Å²) in [6, 6.07) is 5.50. The van der Waals surface area contributed by atoms with Crippen molar-refractivity contribution in [2.75, 3.05) is 25.4 Å². The van der Waals surface area contributed by atoms with Gasteiger partial charge in [0.2, 0.25) is 0 Å². The largest absolute Gasteiger partial charge is 0.416 e. The molecular weight excluding hydrogens is 285 g/mol. The van der Waals surface area contributed by atoms with Gasteiger partial charge in [-0.25, -0.2) is 0 Å². The zero-order valence-corrected chi connectivity index (χ0v) is 12.2. The van der Waals surface area contributed by atoms with Gasteiger partial charge in [0.25, 0.3) is 0 Å². The second-order valence-electron chi connectivity index (χ2n) is 5.29. The van der Waals surface area contributed by atoms with Crippen LogP contribution in [0, 0.1) is 0 Å². The standard InChI is InChI=1S/C14H19F3N2S/c1-13(5-6-18-10-13)19-7-8-20-12-4-2-3-11(9-12)14(15,16)17/h2-4,9,18-19H,5-8,10H2,1H3. The summed E-state index contributed by atoms with van der Waals surface area (Å²) in [7, 11) is 0. The van der Waals surface area contributed by atoms with E-state index in [-0.39, 0.29) is 5.54 Å². The summed E-state index contributed by atoms with van der Waals surface area (Å²) in [6.07, 6.45) is -3.18. The van der Waals surface area contributed by atoms with Gasteiger partial charge in [0.1, 0.15) is 0 Å². The minimum atomic E-state index is -4.27. The van der Waals surface area contributed by atoms with Gasteiger partial charge in [-0.1, -0.05) is 6.07 Å². The monoisotopic (exact) mass is 304 g/mol. The average Bonchev–Trinajstić information content (AvgIpc) is 2.81. The van der Waals surface area contributed by atoms with E-state index in [1.165, 1.54) is 23.9 Å². The summed E-state index contributed by atoms with van der Waals surface area (Å²) in [4.78, 5) is 0.663. The molecule has 0 aliphatic carbocycles. The van der Waals surface area contributed by atoms with Gasteiger partial charge in [-0.05, 0) is 38.1 Å². The quantitative estimate of drug-likeness (QED) is 0.645. The van der Waals surface area contributed by atoms with Crippen LogP contribution in [0.4, 0.5) is 13.2 Å². The molecular formula is C14H19F3N2S. The van der Waals surface area contributed by atoms with Crippen LogP contribution in [-0.4, -0.2) is 30.9 Å². The lowest BCUT2D eigenvalue weighted by molar-refractivity contribution is -0.137. The van der Waals surface area contributed by atoms with Gasteiger partial charge in [0, 0.05) is 29.3 Å². The molecule has 0 amide bonds. The first-order valence-corrected chi connectivity index (χ1v) is 7.63. The summed E-state index contributed by atoms with van der Waals surface area (Å²) in [5.74, 6) is 0.761. The number of hydrogen-bond acceptors (Lipinski definition) is 3. The molecule has 6 heteroatoms. The normalized spacial score (nSPS) is 23.2. The topological polar surface area (TPSA) is 24.1 Å². The molecule has 0 bridgehead atoms. The summed E-state index contributed by atoms with van der Waals surface area (Å²) < 4.78 is 37.7. The maximum Gasteiger partial charge on any atom is 0.416 e. The van der Waals surface area contributed by atoms with Crippen LogP contribution < -0.4 is 10.6 Å². The van der Waals surface area contributed by atoms with Crippen LogP contribution in [0.5, 0.6) is 0 Å². The maximum absolute atomic E-state index is 12.6. The lowest BCUT2D eigenvalue weighted by Crippen LogP contribution is -2.45. The summed E-state index contributed by atoms with van der Waals surface area (Å²) in [5.41, 5.74) is -0.462. The SMILES string of the molecule is CC1(NCCSc2cccc(C(F)(F)F)c2)CCNC1. The number of nitrogens with one attached hydrogen (secondary N) is 2. The lowest BCUT2D eigenvalue weighted by atomic mass is 10.0. The van der Waals surface area contributed by atoms with E-state index in [9.17, 15) is 13.2 Å². The van der Waals surface area contributed by atoms with Gasteiger partial charge < -0.3 is 10.6 Å². The van der Waals surface area contributed by atoms with Crippen LogP contribution >= 0.6 is 11.8 Å². The molecule has 0 radical (unpaired) electrons. The lowest BCUT2D eigenvalue weighted by Gasteiger charge is -2.24. The predicted octanol–water partition coefficient (Wildman–Crippen LogP) is 3.14. The fourth-order valence-corrected chi connectivity index (χ4v) is 3.08. The average molecular weight is 304 g/mol. The molecule has 0 spiro atoms. The number of alkyl halides is 3. The molecule has 0 aromatic heterocycles. The number of rotatable bonds is 5. The third-order valence-corrected chi connectivity index (χ3v) is 4.45. The first kappa shape index (κ1) is 15.7. The number of thioether (sulfide) groups is 1. The fourth-order valence-electron chi connectivity index (χ4n) is 2.25. The number of hydrogen-bond donors (Lipinski definition) is 2. The van der Waals surface area contributed by atoms with E-state index in [1.807, 2.05) is 0 Å². The van der Waals surface area contributed by atoms with Crippen molar-refractivity contribution in [1.29, 1.82) is 0 Å². The molecule has 20 heavy (non-hydrogen) atoms. The minimum Gasteiger partial charge on any atom is -0.315 e. The van der Waals surface area contributed by atoms with Gasteiger partial charge in [-0.3, -0.25) is 0 Å². The van der Waals surface area contributed by atoms with E-state index < -0.39 is 11.7 Å². The van der Waals surface area contributed by atoms with Crippen molar-refractivity contribution in [2.24, 2.45) is 0 Å². The van der Waals surface area contributed by atoms with E-state index in [0.29, 0.717) is 4.90 Å². The van der Waals surface area contributed by atoms with E-state index in [1.54, 1.807) is 6.07 Å². The molecule has 1 aromatic rings. The Balaban J connectivity index is 1.79. The first-order chi connectivity index (χ1) is 9.39. The molecule has 1 atom stereocenters. The van der Waals surface area contributed by atoms with Crippen molar-refractivity contribution in [3.8, 4) is 0 Å². The highest BCUT2D eigenvalue weighted by Crippen LogP contribution is 2.31. The molecule has 0 saturated carbocycles. The Labute approximate surface area is 121 Å². The fraction of sp³-hybridized carbons (Fsp3) is 0.571. The molecule has 2 rings (SSSR count). The van der Waals surface area contributed by atoms with Crippen molar-refractivity contribution >= 4 is 11.8 Å². The Hall–Kier alpha value is -0.720. The highest BCUT2D eigenvalue weighted by molar-refractivity contribution is 7.99. The molecule has 2 N–H and O–H groups in total. The van der Waals surface area contributed by atoms with Crippen molar-refractivity contribution in [1.82, 2.24) is 10.6 Å². The molecule has 2 nitrogen and oxygen atoms in total. The Morgan fingerprint density at radius 3 is 2.85 bits per heavy atom. The summed E-state index contributed by atoms with van der Waals surface area (Å²) >= 11 is 1.45. The van der Waals surface area contributed by atoms with Crippen LogP contribution in [-0.2, 0) is 6.18 Å². The van der Waals surface area contributed by atoms with Crippen LogP contribution in [0.2, 0.25) is 0 Å². The Morgan fingerprint density at radius 2 is 2.20 bits per heavy atom. The van der Waals surface area contributed by atoms with Crippen molar-refractivity contribution in [2.45, 2.75) is 30.0 Å². The Kier molecular flexibility index (Phi) is 4.99. The second kappa shape index (κ2) is 6.37. The molecule has 1 fully saturated rings. The van der Waals surface area contributed by atoms with E-state index in [0.717, 1.165) is 37.9 Å². The minimum absolute atomic E-state index is 0.119. The maximum atomic E-state index is 12.6. The zero-order chi connectivity index (χ0) is 14.6. The third-order valence-electron chi connectivity index (χ3n) is 3.45. The molecule has 1 aliphatic heterocycles. The molecule has 1 aliphatic rings. The van der Waals surface area contributed by atoms with Crippen LogP contribution in [0.1, 0.15) is 18.9 Å². The first-order valence-electron chi connectivity index (χ1n) is 6.65. The number of halogens is 3. The van der Waals surface area contributed by atoms with Gasteiger partial charge in [0.15, 0.2) is 0 Å². The third kappa shape index (κ3) is 4.40. The van der Waals surface area contributed by atoms with Crippen molar-refractivity contribution in [3.63, 3.8) is 0 Å². The van der Waals surface area contributed by atoms with Crippen molar-refractivity contribution in [3.05, 3.63) is 29.8 Å². The van der Waals surface area contributed by atoms with E-state index in [2.05, 4.69) is 17.6 Å². The van der Waals surface area contributed by atoms with Crippen LogP contribution in [0.15, 0.2) is 29.2 Å². The summed E-state index contributed by atoms with van der Waals surface area (Å²) in [5, 5.41) is 6.77. The van der Waals surface area contributed by atoms with Gasteiger partial charge >= 0.3 is 6.18 Å². The molecule has 1 heterocycles. The smallest absolute Gasteiger partial charge is 0.315 e. The molecule has 112 valence electrons. The van der Waals surface area contributed by atoms with Crippen LogP contribution in [0.25, 0.3) is 0 Å². The highest BCUT2D eigenvalue weighted by atomic mass is 32.2. The molecule has 1 aromatic carbocycles. The molecule has 1 saturated heterocycles. The second-order valence-corrected chi connectivity index (χ2v) is 6.46. The Morgan fingerprint density at radius 1 is 1.40 bits per heavy atom. The predicted molar refractivity (Wildman–Crippen MR) is 76.1 cm³/mol.